The Labute approximate surface area is 111 Å². The molecule has 17 heavy (non-hydrogen) atoms. The molecule has 0 unspecified atom stereocenters. The minimum atomic E-state index is 0.0317. The van der Waals surface area contributed by atoms with Crippen LogP contribution in [0.2, 0.25) is 0 Å². The molecular formula is C14H16OS2. The van der Waals surface area contributed by atoms with Gasteiger partial charge in [-0.2, -0.15) is 0 Å². The van der Waals surface area contributed by atoms with Crippen molar-refractivity contribution in [1.29, 1.82) is 0 Å². The van der Waals surface area contributed by atoms with E-state index >= 15 is 0 Å². The van der Waals surface area contributed by atoms with E-state index in [2.05, 4.69) is 0 Å². The van der Waals surface area contributed by atoms with Crippen LogP contribution in [0.5, 0.6) is 0 Å². The maximum atomic E-state index is 11.6. The summed E-state index contributed by atoms with van der Waals surface area (Å²) in [4.78, 5) is 11.6. The molecule has 0 radical (unpaired) electrons. The largest absolute Gasteiger partial charge is 0.290 e. The van der Waals surface area contributed by atoms with Gasteiger partial charge in [0.05, 0.1) is 0 Å². The molecule has 90 valence electrons. The number of benzene rings is 1. The number of hydrogen-bond acceptors (Lipinski definition) is 3. The molecule has 0 aliphatic rings. The van der Waals surface area contributed by atoms with Crippen molar-refractivity contribution in [2.24, 2.45) is 0 Å². The van der Waals surface area contributed by atoms with Crippen LogP contribution in [0, 0.1) is 6.92 Å². The monoisotopic (exact) mass is 264 g/mol. The highest BCUT2D eigenvalue weighted by Crippen LogP contribution is 2.23. The maximum absolute atomic E-state index is 11.6. The van der Waals surface area contributed by atoms with Gasteiger partial charge in [0, 0.05) is 10.3 Å². The molecule has 0 bridgehead atoms. The molecule has 0 atom stereocenters. The Morgan fingerprint density at radius 3 is 2.24 bits per heavy atom. The summed E-state index contributed by atoms with van der Waals surface area (Å²) in [6.45, 7) is 2.05. The lowest BCUT2D eigenvalue weighted by molar-refractivity contribution is -0.110. The average Bonchev–Trinajstić information content (AvgIpc) is 2.35. The molecule has 0 N–H and O–H groups in total. The zero-order valence-corrected chi connectivity index (χ0v) is 11.9. The van der Waals surface area contributed by atoms with Crippen molar-refractivity contribution in [2.75, 3.05) is 12.5 Å². The van der Waals surface area contributed by atoms with Gasteiger partial charge in [-0.05, 0) is 31.1 Å². The number of carbonyl (C=O) groups is 1. The van der Waals surface area contributed by atoms with Crippen molar-refractivity contribution in [3.8, 4) is 0 Å². The maximum Gasteiger partial charge on any atom is 0.180 e. The van der Waals surface area contributed by atoms with Gasteiger partial charge < -0.3 is 0 Å². The second kappa shape index (κ2) is 7.41. The lowest BCUT2D eigenvalue weighted by Gasteiger charge is -1.96. The van der Waals surface area contributed by atoms with E-state index in [9.17, 15) is 4.79 Å². The summed E-state index contributed by atoms with van der Waals surface area (Å²) in [7, 11) is 0. The van der Waals surface area contributed by atoms with Crippen molar-refractivity contribution in [3.05, 3.63) is 51.8 Å². The van der Waals surface area contributed by atoms with E-state index in [0.717, 1.165) is 9.80 Å². The van der Waals surface area contributed by atoms with E-state index in [1.54, 1.807) is 35.7 Å². The molecule has 1 aromatic carbocycles. The Balaban J connectivity index is 2.68. The van der Waals surface area contributed by atoms with Crippen LogP contribution in [0.25, 0.3) is 6.08 Å². The van der Waals surface area contributed by atoms with Gasteiger partial charge in [-0.15, -0.1) is 23.5 Å². The topological polar surface area (TPSA) is 17.1 Å². The minimum absolute atomic E-state index is 0.0317. The fourth-order valence-corrected chi connectivity index (χ4v) is 2.36. The van der Waals surface area contributed by atoms with Crippen molar-refractivity contribution in [1.82, 2.24) is 0 Å². The first-order chi connectivity index (χ1) is 8.15. The molecule has 0 aliphatic heterocycles. The van der Waals surface area contributed by atoms with Gasteiger partial charge in [0.15, 0.2) is 5.78 Å². The number of allylic oxidation sites excluding steroid dienone is 2. The van der Waals surface area contributed by atoms with Gasteiger partial charge in [0.25, 0.3) is 0 Å². The fourth-order valence-electron chi connectivity index (χ4n) is 1.22. The Kier molecular flexibility index (Phi) is 6.16. The highest BCUT2D eigenvalue weighted by Gasteiger charge is 1.96. The van der Waals surface area contributed by atoms with E-state index in [1.807, 2.05) is 49.8 Å². The first-order valence-corrected chi connectivity index (χ1v) is 7.69. The molecule has 0 amide bonds. The molecule has 1 nitrogen and oxygen atoms in total. The Hall–Kier alpha value is -0.930. The Morgan fingerprint density at radius 1 is 1.12 bits per heavy atom. The summed E-state index contributed by atoms with van der Waals surface area (Å²) in [5, 5.41) is 0. The summed E-state index contributed by atoms with van der Waals surface area (Å²) < 4.78 is 1.03. The second-order valence-corrected chi connectivity index (χ2v) is 5.47. The van der Waals surface area contributed by atoms with E-state index in [4.69, 9.17) is 0 Å². The van der Waals surface area contributed by atoms with Gasteiger partial charge in [0.1, 0.15) is 0 Å². The van der Waals surface area contributed by atoms with Crippen LogP contribution >= 0.6 is 23.5 Å². The van der Waals surface area contributed by atoms with Crippen LogP contribution in [-0.4, -0.2) is 18.3 Å². The third kappa shape index (κ3) is 5.29. The van der Waals surface area contributed by atoms with Gasteiger partial charge in [-0.1, -0.05) is 35.9 Å². The number of hydrogen-bond donors (Lipinski definition) is 0. The summed E-state index contributed by atoms with van der Waals surface area (Å²) in [5.41, 5.74) is 2.27. The van der Waals surface area contributed by atoms with Crippen molar-refractivity contribution >= 4 is 35.4 Å². The zero-order chi connectivity index (χ0) is 12.7. The van der Waals surface area contributed by atoms with Crippen LogP contribution in [-0.2, 0) is 4.79 Å². The van der Waals surface area contributed by atoms with Crippen LogP contribution in [0.15, 0.2) is 40.7 Å². The quantitative estimate of drug-likeness (QED) is 0.744. The predicted molar refractivity (Wildman–Crippen MR) is 80.3 cm³/mol. The van der Waals surface area contributed by atoms with Gasteiger partial charge in [0.2, 0.25) is 0 Å². The van der Waals surface area contributed by atoms with Gasteiger partial charge >= 0.3 is 0 Å². The highest BCUT2D eigenvalue weighted by molar-refractivity contribution is 8.21. The van der Waals surface area contributed by atoms with E-state index in [1.165, 1.54) is 5.56 Å². The van der Waals surface area contributed by atoms with Crippen LogP contribution in [0.4, 0.5) is 0 Å². The fraction of sp³-hybridized carbons (Fsp3) is 0.214. The molecule has 0 aliphatic carbocycles. The smallest absolute Gasteiger partial charge is 0.180 e. The minimum Gasteiger partial charge on any atom is -0.290 e. The standard InChI is InChI=1S/C14H16OS2/c1-11-4-6-12(7-5-11)8-9-13(15)10-14(16-2)17-3/h4-10H,1-3H3/b9-8+. The lowest BCUT2D eigenvalue weighted by atomic mass is 10.1. The van der Waals surface area contributed by atoms with Gasteiger partial charge in [-0.3, -0.25) is 4.79 Å². The molecule has 0 fully saturated rings. The number of carbonyl (C=O) groups excluding carboxylic acids is 1. The summed E-state index contributed by atoms with van der Waals surface area (Å²) >= 11 is 3.18. The first-order valence-electron chi connectivity index (χ1n) is 5.24. The lowest BCUT2D eigenvalue weighted by Crippen LogP contribution is -1.86. The second-order valence-electron chi connectivity index (χ2n) is 3.52. The van der Waals surface area contributed by atoms with Crippen LogP contribution in [0.1, 0.15) is 11.1 Å². The van der Waals surface area contributed by atoms with E-state index in [-0.39, 0.29) is 5.78 Å². The molecule has 0 saturated carbocycles. The summed E-state index contributed by atoms with van der Waals surface area (Å²) in [6.07, 6.45) is 9.06. The molecule has 0 heterocycles. The third-order valence-electron chi connectivity index (χ3n) is 2.18. The van der Waals surface area contributed by atoms with Crippen LogP contribution in [0.3, 0.4) is 0 Å². The normalized spacial score (nSPS) is 10.5. The molecule has 3 heteroatoms. The van der Waals surface area contributed by atoms with Crippen LogP contribution < -0.4 is 0 Å². The zero-order valence-electron chi connectivity index (χ0n) is 10.3. The molecular weight excluding hydrogens is 248 g/mol. The van der Waals surface area contributed by atoms with Crippen molar-refractivity contribution < 1.29 is 4.79 Å². The number of rotatable bonds is 5. The van der Waals surface area contributed by atoms with Crippen molar-refractivity contribution in [3.63, 3.8) is 0 Å². The number of aryl methyl sites for hydroxylation is 1. The van der Waals surface area contributed by atoms with Gasteiger partial charge in [-0.25, -0.2) is 0 Å². The number of thioether (sulfide) groups is 2. The molecule has 0 spiro atoms. The first kappa shape index (κ1) is 14.1. The Bertz CT molecular complexity index is 424. The number of ketones is 1. The van der Waals surface area contributed by atoms with E-state index < -0.39 is 0 Å². The van der Waals surface area contributed by atoms with E-state index in [0.29, 0.717) is 0 Å². The molecule has 1 rings (SSSR count). The average molecular weight is 264 g/mol. The Morgan fingerprint density at radius 2 is 1.71 bits per heavy atom. The molecule has 0 aromatic heterocycles. The SMILES string of the molecule is CSC(=CC(=O)/C=C/c1ccc(C)cc1)SC. The summed E-state index contributed by atoms with van der Waals surface area (Å²) in [6, 6.07) is 8.09. The predicted octanol–water partition coefficient (Wildman–Crippen LogP) is 4.14. The third-order valence-corrected chi connectivity index (χ3v) is 4.22. The molecule has 1 aromatic rings. The van der Waals surface area contributed by atoms with Crippen molar-refractivity contribution in [2.45, 2.75) is 6.92 Å². The highest BCUT2D eigenvalue weighted by atomic mass is 32.2. The summed E-state index contributed by atoms with van der Waals surface area (Å²) in [5.74, 6) is 0.0317. The molecule has 0 saturated heterocycles.